The minimum Gasteiger partial charge on any atom is -0.433 e. The van der Waals surface area contributed by atoms with Crippen LogP contribution in [0.2, 0.25) is 0 Å². The van der Waals surface area contributed by atoms with Crippen molar-refractivity contribution in [3.8, 4) is 6.07 Å². The summed E-state index contributed by atoms with van der Waals surface area (Å²) in [6.07, 6.45) is 2.10. The molecule has 3 heteroatoms. The summed E-state index contributed by atoms with van der Waals surface area (Å²) in [5.74, 6) is -0.213. The molecule has 0 radical (unpaired) electrons. The summed E-state index contributed by atoms with van der Waals surface area (Å²) < 4.78 is 4.83. The molecule has 0 aromatic heterocycles. The van der Waals surface area contributed by atoms with E-state index in [0.717, 1.165) is 6.42 Å². The van der Waals surface area contributed by atoms with E-state index in [-0.39, 0.29) is 17.3 Å². The number of ether oxygens (including phenoxy) is 1. The molecule has 0 heterocycles. The Kier molecular flexibility index (Phi) is 2.42. The SMILES string of the molecule is CC(C#N)=COC(=O)C1CC1(C)C. The molecule has 0 bridgehead atoms. The Morgan fingerprint density at radius 3 is 2.62 bits per heavy atom. The van der Waals surface area contributed by atoms with Crippen LogP contribution in [0.3, 0.4) is 0 Å². The van der Waals surface area contributed by atoms with E-state index in [0.29, 0.717) is 5.57 Å². The molecule has 1 fully saturated rings. The monoisotopic (exact) mass is 179 g/mol. The van der Waals surface area contributed by atoms with Crippen LogP contribution in [0.25, 0.3) is 0 Å². The van der Waals surface area contributed by atoms with Crippen molar-refractivity contribution in [2.24, 2.45) is 11.3 Å². The van der Waals surface area contributed by atoms with Gasteiger partial charge in [-0.2, -0.15) is 5.26 Å². The molecule has 0 amide bonds. The third-order valence-electron chi connectivity index (χ3n) is 2.33. The van der Waals surface area contributed by atoms with Gasteiger partial charge < -0.3 is 4.74 Å². The number of esters is 1. The van der Waals surface area contributed by atoms with Gasteiger partial charge in [-0.05, 0) is 18.8 Å². The molecule has 0 spiro atoms. The van der Waals surface area contributed by atoms with E-state index in [1.807, 2.05) is 19.9 Å². The highest BCUT2D eigenvalue weighted by Gasteiger charge is 2.51. The van der Waals surface area contributed by atoms with Gasteiger partial charge in [0, 0.05) is 0 Å². The lowest BCUT2D eigenvalue weighted by Crippen LogP contribution is -2.07. The molecular weight excluding hydrogens is 166 g/mol. The fraction of sp³-hybridized carbons (Fsp3) is 0.600. The largest absolute Gasteiger partial charge is 0.433 e. The van der Waals surface area contributed by atoms with E-state index < -0.39 is 0 Å². The number of nitriles is 1. The first-order valence-electron chi connectivity index (χ1n) is 4.25. The van der Waals surface area contributed by atoms with Gasteiger partial charge in [0.2, 0.25) is 0 Å². The molecule has 70 valence electrons. The zero-order valence-corrected chi connectivity index (χ0v) is 8.13. The van der Waals surface area contributed by atoms with E-state index in [2.05, 4.69) is 0 Å². The molecule has 1 aliphatic rings. The van der Waals surface area contributed by atoms with Crippen LogP contribution in [0, 0.1) is 22.7 Å². The van der Waals surface area contributed by atoms with Crippen LogP contribution < -0.4 is 0 Å². The van der Waals surface area contributed by atoms with Gasteiger partial charge in [0.15, 0.2) is 0 Å². The Balaban J connectivity index is 2.42. The first-order valence-corrected chi connectivity index (χ1v) is 4.25. The van der Waals surface area contributed by atoms with E-state index in [9.17, 15) is 4.79 Å². The van der Waals surface area contributed by atoms with Crippen molar-refractivity contribution in [2.75, 3.05) is 0 Å². The average molecular weight is 179 g/mol. The van der Waals surface area contributed by atoms with Crippen LogP contribution in [0.4, 0.5) is 0 Å². The zero-order valence-electron chi connectivity index (χ0n) is 8.13. The standard InChI is InChI=1S/C10H13NO2/c1-7(5-11)6-13-9(12)8-4-10(8,2)3/h6,8H,4H2,1-3H3. The van der Waals surface area contributed by atoms with E-state index in [4.69, 9.17) is 10.00 Å². The van der Waals surface area contributed by atoms with Gasteiger partial charge in [-0.25, -0.2) is 0 Å². The normalized spacial score (nSPS) is 24.8. The number of allylic oxidation sites excluding steroid dienone is 1. The molecule has 13 heavy (non-hydrogen) atoms. The summed E-state index contributed by atoms with van der Waals surface area (Å²) in [6, 6.07) is 1.88. The minimum atomic E-state index is -0.223. The Bertz CT molecular complexity index is 297. The fourth-order valence-corrected chi connectivity index (χ4v) is 1.12. The molecule has 0 aliphatic heterocycles. The summed E-state index contributed by atoms with van der Waals surface area (Å²) >= 11 is 0. The molecule has 0 aromatic rings. The second-order valence-electron chi connectivity index (χ2n) is 4.09. The lowest BCUT2D eigenvalue weighted by atomic mass is 10.1. The van der Waals surface area contributed by atoms with E-state index >= 15 is 0 Å². The summed E-state index contributed by atoms with van der Waals surface area (Å²) in [5, 5.41) is 8.39. The molecule has 0 aromatic carbocycles. The van der Waals surface area contributed by atoms with Crippen LogP contribution in [0.5, 0.6) is 0 Å². The van der Waals surface area contributed by atoms with Gasteiger partial charge >= 0.3 is 5.97 Å². The predicted octanol–water partition coefficient (Wildman–Crippen LogP) is 2.00. The van der Waals surface area contributed by atoms with Crippen LogP contribution in [-0.2, 0) is 9.53 Å². The molecule has 1 atom stereocenters. The number of rotatable bonds is 2. The van der Waals surface area contributed by atoms with Gasteiger partial charge in [-0.3, -0.25) is 4.79 Å². The first kappa shape index (κ1) is 9.79. The molecule has 3 nitrogen and oxygen atoms in total. The van der Waals surface area contributed by atoms with E-state index in [1.54, 1.807) is 6.92 Å². The third kappa shape index (κ3) is 2.32. The lowest BCUT2D eigenvalue weighted by Gasteiger charge is -2.00. The predicted molar refractivity (Wildman–Crippen MR) is 47.4 cm³/mol. The van der Waals surface area contributed by atoms with Crippen molar-refractivity contribution in [1.29, 1.82) is 5.26 Å². The summed E-state index contributed by atoms with van der Waals surface area (Å²) in [6.45, 7) is 5.66. The number of carbonyl (C=O) groups is 1. The molecule has 1 saturated carbocycles. The van der Waals surface area contributed by atoms with Crippen molar-refractivity contribution in [2.45, 2.75) is 27.2 Å². The summed E-state index contributed by atoms with van der Waals surface area (Å²) in [5.41, 5.74) is 0.498. The molecule has 1 rings (SSSR count). The second kappa shape index (κ2) is 3.21. The Labute approximate surface area is 78.0 Å². The highest BCUT2D eigenvalue weighted by molar-refractivity contribution is 5.77. The summed E-state index contributed by atoms with van der Waals surface area (Å²) in [4.78, 5) is 11.3. The smallest absolute Gasteiger partial charge is 0.314 e. The number of hydrogen-bond acceptors (Lipinski definition) is 3. The lowest BCUT2D eigenvalue weighted by molar-refractivity contribution is -0.140. The van der Waals surface area contributed by atoms with Crippen LogP contribution in [-0.4, -0.2) is 5.97 Å². The minimum absolute atomic E-state index is 0.00948. The van der Waals surface area contributed by atoms with Crippen molar-refractivity contribution < 1.29 is 9.53 Å². The van der Waals surface area contributed by atoms with Crippen molar-refractivity contribution in [1.82, 2.24) is 0 Å². The fourth-order valence-electron chi connectivity index (χ4n) is 1.12. The van der Waals surface area contributed by atoms with Crippen LogP contribution in [0.1, 0.15) is 27.2 Å². The second-order valence-corrected chi connectivity index (χ2v) is 4.09. The van der Waals surface area contributed by atoms with Crippen LogP contribution in [0.15, 0.2) is 11.8 Å². The molecule has 0 N–H and O–H groups in total. The highest BCUT2D eigenvalue weighted by atomic mass is 16.5. The van der Waals surface area contributed by atoms with Gasteiger partial charge in [0.1, 0.15) is 6.26 Å². The van der Waals surface area contributed by atoms with Gasteiger partial charge in [-0.1, -0.05) is 13.8 Å². The van der Waals surface area contributed by atoms with Crippen LogP contribution >= 0.6 is 0 Å². The third-order valence-corrected chi connectivity index (χ3v) is 2.33. The molecule has 0 saturated heterocycles. The maximum Gasteiger partial charge on any atom is 0.314 e. The van der Waals surface area contributed by atoms with Gasteiger partial charge in [0.25, 0.3) is 0 Å². The number of carbonyl (C=O) groups excluding carboxylic acids is 1. The number of hydrogen-bond donors (Lipinski definition) is 0. The van der Waals surface area contributed by atoms with Crippen molar-refractivity contribution in [3.63, 3.8) is 0 Å². The Morgan fingerprint density at radius 2 is 2.23 bits per heavy atom. The average Bonchev–Trinajstić information content (AvgIpc) is 2.70. The molecule has 1 unspecified atom stereocenters. The van der Waals surface area contributed by atoms with Crippen molar-refractivity contribution in [3.05, 3.63) is 11.8 Å². The first-order chi connectivity index (χ1) is 5.97. The topological polar surface area (TPSA) is 50.1 Å². The molecular formula is C10H13NO2. The van der Waals surface area contributed by atoms with E-state index in [1.165, 1.54) is 6.26 Å². The van der Waals surface area contributed by atoms with Gasteiger partial charge in [-0.15, -0.1) is 0 Å². The molecule has 1 aliphatic carbocycles. The Hall–Kier alpha value is -1.30. The zero-order chi connectivity index (χ0) is 10.1. The summed E-state index contributed by atoms with van der Waals surface area (Å²) in [7, 11) is 0. The van der Waals surface area contributed by atoms with Gasteiger partial charge in [0.05, 0.1) is 17.6 Å². The number of nitrogens with zero attached hydrogens (tertiary/aromatic N) is 1. The quantitative estimate of drug-likeness (QED) is 0.370. The van der Waals surface area contributed by atoms with Crippen molar-refractivity contribution >= 4 is 5.97 Å². The highest BCUT2D eigenvalue weighted by Crippen LogP contribution is 2.52. The maximum absolute atomic E-state index is 11.3. The Morgan fingerprint density at radius 1 is 1.69 bits per heavy atom. The maximum atomic E-state index is 11.3.